The molecule has 0 saturated heterocycles. The Morgan fingerprint density at radius 2 is 1.44 bits per heavy atom. The van der Waals surface area contributed by atoms with E-state index in [2.05, 4.69) is 130 Å². The SMILES string of the molecule is CC1CC=CC2=C1C(C)(C)c1cc3c(cc12)c1cc(-c2cccc4c2Oc2c(B(O)O)cccc2C4(C)C)ccc1n3-c1ccccc1. The zero-order valence-corrected chi connectivity index (χ0v) is 28.0. The topological polar surface area (TPSA) is 54.6 Å². The maximum absolute atomic E-state index is 10.3. The lowest BCUT2D eigenvalue weighted by molar-refractivity contribution is 0.406. The van der Waals surface area contributed by atoms with Crippen molar-refractivity contribution in [2.45, 2.75) is 51.9 Å². The molecule has 2 N–H and O–H groups in total. The molecule has 1 unspecified atom stereocenters. The van der Waals surface area contributed by atoms with Crippen LogP contribution in [0.2, 0.25) is 0 Å². The van der Waals surface area contributed by atoms with E-state index < -0.39 is 12.5 Å². The molecular weight excluding hydrogens is 589 g/mol. The molecule has 6 aromatic rings. The quantitative estimate of drug-likeness (QED) is 0.193. The number of allylic oxidation sites excluding steroid dienone is 4. The second-order valence-electron chi connectivity index (χ2n) is 14.8. The number of para-hydroxylation sites is 3. The Morgan fingerprint density at radius 1 is 0.708 bits per heavy atom. The fraction of sp³-hybridized carbons (Fsp3) is 0.209. The maximum Gasteiger partial charge on any atom is 0.492 e. The van der Waals surface area contributed by atoms with Gasteiger partial charge >= 0.3 is 7.12 Å². The van der Waals surface area contributed by atoms with Crippen molar-refractivity contribution in [1.82, 2.24) is 4.57 Å². The molecular formula is C43H38BNO3. The molecule has 48 heavy (non-hydrogen) atoms. The first-order valence-electron chi connectivity index (χ1n) is 17.0. The highest BCUT2D eigenvalue weighted by Crippen LogP contribution is 2.54. The Morgan fingerprint density at radius 3 is 2.21 bits per heavy atom. The van der Waals surface area contributed by atoms with Gasteiger partial charge in [0.1, 0.15) is 11.5 Å². The zero-order chi connectivity index (χ0) is 33.1. The summed E-state index contributed by atoms with van der Waals surface area (Å²) < 4.78 is 9.09. The van der Waals surface area contributed by atoms with Crippen LogP contribution in [0.15, 0.2) is 115 Å². The van der Waals surface area contributed by atoms with E-state index in [9.17, 15) is 10.0 Å². The Kier molecular flexibility index (Phi) is 6.16. The van der Waals surface area contributed by atoms with Crippen LogP contribution in [0.25, 0.3) is 44.2 Å². The summed E-state index contributed by atoms with van der Waals surface area (Å²) in [6, 6.07) is 34.2. The third-order valence-electron chi connectivity index (χ3n) is 11.3. The van der Waals surface area contributed by atoms with Gasteiger partial charge in [0.25, 0.3) is 0 Å². The van der Waals surface area contributed by atoms with E-state index in [1.165, 1.54) is 33.0 Å². The van der Waals surface area contributed by atoms with Gasteiger partial charge in [-0.05, 0) is 76.6 Å². The van der Waals surface area contributed by atoms with Crippen molar-refractivity contribution in [3.8, 4) is 28.3 Å². The molecule has 1 aromatic heterocycles. The summed E-state index contributed by atoms with van der Waals surface area (Å²) in [6.07, 6.45) is 5.77. The van der Waals surface area contributed by atoms with Crippen LogP contribution in [-0.4, -0.2) is 21.7 Å². The van der Waals surface area contributed by atoms with Crippen LogP contribution < -0.4 is 10.2 Å². The standard InChI is InChI=1S/C43H38BNO3/c1-25-12-9-16-29-30-23-32-31-22-26(28-15-10-17-33-40(28)48-41-34(42(33,2)3)18-11-19-36(41)44(46)47)20-21-37(31)45(27-13-7-6-8-14-27)38(32)24-35(30)43(4,5)39(25)29/h6-11,13-25,46-47H,12H2,1-5H3. The second-order valence-corrected chi connectivity index (χ2v) is 14.8. The summed E-state index contributed by atoms with van der Waals surface area (Å²) in [6.45, 7) is 11.5. The van der Waals surface area contributed by atoms with E-state index in [0.717, 1.165) is 45.6 Å². The highest BCUT2D eigenvalue weighted by Gasteiger charge is 2.41. The van der Waals surface area contributed by atoms with Gasteiger partial charge in [-0.15, -0.1) is 0 Å². The van der Waals surface area contributed by atoms with Crippen LogP contribution in [0.3, 0.4) is 0 Å². The van der Waals surface area contributed by atoms with Crippen molar-refractivity contribution in [1.29, 1.82) is 0 Å². The van der Waals surface area contributed by atoms with Gasteiger partial charge in [-0.2, -0.15) is 0 Å². The first-order chi connectivity index (χ1) is 23.1. The average molecular weight is 628 g/mol. The Hall–Kier alpha value is -4.84. The highest BCUT2D eigenvalue weighted by molar-refractivity contribution is 6.59. The minimum absolute atomic E-state index is 0.0449. The van der Waals surface area contributed by atoms with Gasteiger partial charge in [0.15, 0.2) is 0 Å². The van der Waals surface area contributed by atoms with Crippen LogP contribution in [0.1, 0.15) is 63.3 Å². The number of ether oxygens (including phenoxy) is 1. The molecule has 236 valence electrons. The van der Waals surface area contributed by atoms with E-state index in [1.807, 2.05) is 12.1 Å². The van der Waals surface area contributed by atoms with Gasteiger partial charge in [-0.3, -0.25) is 0 Å². The van der Waals surface area contributed by atoms with Crippen LogP contribution in [0.5, 0.6) is 11.5 Å². The van der Waals surface area contributed by atoms with Crippen molar-refractivity contribution in [3.63, 3.8) is 0 Å². The molecule has 0 radical (unpaired) electrons. The average Bonchev–Trinajstić information content (AvgIpc) is 3.52. The Bertz CT molecular complexity index is 2390. The van der Waals surface area contributed by atoms with Crippen molar-refractivity contribution in [2.75, 3.05) is 0 Å². The minimum atomic E-state index is -1.63. The number of hydrogen-bond donors (Lipinski definition) is 2. The lowest BCUT2D eigenvalue weighted by Crippen LogP contribution is -2.35. The molecule has 9 rings (SSSR count). The molecule has 0 bridgehead atoms. The molecule has 1 atom stereocenters. The molecule has 5 heteroatoms. The predicted molar refractivity (Wildman–Crippen MR) is 198 cm³/mol. The molecule has 5 aromatic carbocycles. The van der Waals surface area contributed by atoms with Crippen LogP contribution in [-0.2, 0) is 10.8 Å². The summed E-state index contributed by atoms with van der Waals surface area (Å²) in [5, 5.41) is 22.9. The van der Waals surface area contributed by atoms with Crippen molar-refractivity contribution >= 4 is 40.0 Å². The molecule has 0 saturated carbocycles. The summed E-state index contributed by atoms with van der Waals surface area (Å²) in [7, 11) is -1.63. The third-order valence-corrected chi connectivity index (χ3v) is 11.3. The van der Waals surface area contributed by atoms with Crippen LogP contribution >= 0.6 is 0 Å². The summed E-state index contributed by atoms with van der Waals surface area (Å²) in [5.41, 5.74) is 13.2. The van der Waals surface area contributed by atoms with Crippen LogP contribution in [0.4, 0.5) is 0 Å². The van der Waals surface area contributed by atoms with Gasteiger partial charge < -0.3 is 19.4 Å². The van der Waals surface area contributed by atoms with E-state index in [1.54, 1.807) is 11.6 Å². The fourth-order valence-electron chi connectivity index (χ4n) is 9.00. The summed E-state index contributed by atoms with van der Waals surface area (Å²) in [5.74, 6) is 1.79. The van der Waals surface area contributed by atoms with E-state index in [0.29, 0.717) is 17.1 Å². The van der Waals surface area contributed by atoms with Gasteiger partial charge in [0.2, 0.25) is 0 Å². The molecule has 3 aliphatic rings. The number of aromatic nitrogens is 1. The van der Waals surface area contributed by atoms with Crippen molar-refractivity contribution in [2.24, 2.45) is 5.92 Å². The summed E-state index contributed by atoms with van der Waals surface area (Å²) in [4.78, 5) is 0. The first kappa shape index (κ1) is 29.3. The molecule has 1 aliphatic heterocycles. The number of fused-ring (bicyclic) bond motifs is 7. The highest BCUT2D eigenvalue weighted by atomic mass is 16.5. The smallest absolute Gasteiger partial charge is 0.456 e. The lowest BCUT2D eigenvalue weighted by Gasteiger charge is -2.36. The molecule has 2 heterocycles. The van der Waals surface area contributed by atoms with E-state index in [4.69, 9.17) is 4.74 Å². The monoisotopic (exact) mass is 627 g/mol. The largest absolute Gasteiger partial charge is 0.492 e. The first-order valence-corrected chi connectivity index (χ1v) is 17.0. The number of nitrogens with zero attached hydrogens (tertiary/aromatic N) is 1. The van der Waals surface area contributed by atoms with Crippen molar-refractivity contribution in [3.05, 3.63) is 137 Å². The lowest BCUT2D eigenvalue weighted by atomic mass is 9.70. The van der Waals surface area contributed by atoms with Gasteiger partial charge in [-0.25, -0.2) is 0 Å². The Labute approximate surface area is 281 Å². The van der Waals surface area contributed by atoms with Crippen molar-refractivity contribution < 1.29 is 14.8 Å². The Balaban J connectivity index is 1.30. The summed E-state index contributed by atoms with van der Waals surface area (Å²) >= 11 is 0. The normalized spacial score (nSPS) is 18.4. The minimum Gasteiger partial charge on any atom is -0.456 e. The fourth-order valence-corrected chi connectivity index (χ4v) is 9.00. The van der Waals surface area contributed by atoms with Gasteiger partial charge in [-0.1, -0.05) is 107 Å². The number of benzene rings is 5. The van der Waals surface area contributed by atoms with Crippen LogP contribution in [0, 0.1) is 5.92 Å². The number of hydrogen-bond acceptors (Lipinski definition) is 3. The van der Waals surface area contributed by atoms with E-state index in [-0.39, 0.29) is 5.41 Å². The zero-order valence-electron chi connectivity index (χ0n) is 28.0. The number of rotatable bonds is 3. The molecule has 0 spiro atoms. The molecule has 0 amide bonds. The van der Waals surface area contributed by atoms with E-state index >= 15 is 0 Å². The predicted octanol–water partition coefficient (Wildman–Crippen LogP) is 9.20. The van der Waals surface area contributed by atoms with Gasteiger partial charge in [0, 0.05) is 49.4 Å². The molecule has 0 fully saturated rings. The van der Waals surface area contributed by atoms with Gasteiger partial charge in [0.05, 0.1) is 11.0 Å². The maximum atomic E-state index is 10.3. The second kappa shape index (κ2) is 10.1. The molecule has 2 aliphatic carbocycles. The third kappa shape index (κ3) is 3.92. The molecule has 4 nitrogen and oxygen atoms in total.